The Morgan fingerprint density at radius 2 is 2.16 bits per heavy atom. The molecule has 4 heteroatoms. The number of nitrogens with zero attached hydrogens (tertiary/aromatic N) is 1. The average Bonchev–Trinajstić information content (AvgIpc) is 2.80. The highest BCUT2D eigenvalue weighted by molar-refractivity contribution is 5.83. The van der Waals surface area contributed by atoms with Gasteiger partial charge in [0.05, 0.1) is 13.2 Å². The van der Waals surface area contributed by atoms with Crippen molar-refractivity contribution in [2.24, 2.45) is 0 Å². The zero-order valence-corrected chi connectivity index (χ0v) is 11.5. The summed E-state index contributed by atoms with van der Waals surface area (Å²) in [5, 5.41) is 1.26. The van der Waals surface area contributed by atoms with Gasteiger partial charge in [-0.15, -0.1) is 0 Å². The normalized spacial score (nSPS) is 11.1. The largest absolute Gasteiger partial charge is 0.465 e. The van der Waals surface area contributed by atoms with E-state index in [0.29, 0.717) is 13.2 Å². The van der Waals surface area contributed by atoms with Crippen LogP contribution in [0.15, 0.2) is 30.5 Å². The lowest BCUT2D eigenvalue weighted by atomic mass is 10.1. The van der Waals surface area contributed by atoms with Crippen LogP contribution in [-0.2, 0) is 16.0 Å². The fourth-order valence-corrected chi connectivity index (χ4v) is 2.16. The number of rotatable bonds is 6. The predicted molar refractivity (Wildman–Crippen MR) is 76.1 cm³/mol. The number of fused-ring (bicyclic) bond motifs is 1. The Bertz CT molecular complexity index is 548. The summed E-state index contributed by atoms with van der Waals surface area (Å²) in [6, 6.07) is 8.26. The molecule has 19 heavy (non-hydrogen) atoms. The first kappa shape index (κ1) is 13.6. The van der Waals surface area contributed by atoms with E-state index in [1.54, 1.807) is 0 Å². The minimum Gasteiger partial charge on any atom is -0.465 e. The molecule has 0 unspecified atom stereocenters. The Hall–Kier alpha value is -1.81. The van der Waals surface area contributed by atoms with Crippen LogP contribution in [0.5, 0.6) is 0 Å². The van der Waals surface area contributed by atoms with E-state index in [4.69, 9.17) is 4.74 Å². The lowest BCUT2D eigenvalue weighted by Gasteiger charge is -2.14. The number of carbonyl (C=O) groups excluding carboxylic acids is 1. The minimum absolute atomic E-state index is 0.163. The summed E-state index contributed by atoms with van der Waals surface area (Å²) in [5.41, 5.74) is 2.44. The van der Waals surface area contributed by atoms with Gasteiger partial charge in [0.1, 0.15) is 0 Å². The van der Waals surface area contributed by atoms with E-state index in [-0.39, 0.29) is 5.97 Å². The van der Waals surface area contributed by atoms with Crippen molar-refractivity contribution in [3.63, 3.8) is 0 Å². The second-order valence-corrected chi connectivity index (χ2v) is 4.65. The maximum Gasteiger partial charge on any atom is 0.320 e. The molecule has 2 aromatic rings. The van der Waals surface area contributed by atoms with Crippen molar-refractivity contribution in [1.29, 1.82) is 0 Å². The van der Waals surface area contributed by atoms with Crippen LogP contribution in [-0.4, -0.2) is 42.6 Å². The van der Waals surface area contributed by atoms with Gasteiger partial charge in [-0.05, 0) is 32.0 Å². The summed E-state index contributed by atoms with van der Waals surface area (Å²) in [4.78, 5) is 16.6. The summed E-state index contributed by atoms with van der Waals surface area (Å²) >= 11 is 0. The summed E-state index contributed by atoms with van der Waals surface area (Å²) in [6.07, 6.45) is 2.96. The number of benzene rings is 1. The van der Waals surface area contributed by atoms with Crippen LogP contribution in [0, 0.1) is 0 Å². The summed E-state index contributed by atoms with van der Waals surface area (Å²) in [5.74, 6) is -0.163. The molecule has 0 amide bonds. The lowest BCUT2D eigenvalue weighted by molar-refractivity contribution is -0.144. The molecule has 0 atom stereocenters. The number of para-hydroxylation sites is 1. The molecular formula is C15H20N2O2. The van der Waals surface area contributed by atoms with Crippen molar-refractivity contribution < 1.29 is 9.53 Å². The van der Waals surface area contributed by atoms with E-state index < -0.39 is 0 Å². The standard InChI is InChI=1S/C15H20N2O2/c1-3-19-15(18)11-17(2)9-8-12-10-16-14-7-5-4-6-13(12)14/h4-7,10,16H,3,8-9,11H2,1-2H3. The highest BCUT2D eigenvalue weighted by atomic mass is 16.5. The van der Waals surface area contributed by atoms with Gasteiger partial charge in [0.15, 0.2) is 0 Å². The molecule has 0 aliphatic heterocycles. The highest BCUT2D eigenvalue weighted by Crippen LogP contribution is 2.18. The second-order valence-electron chi connectivity index (χ2n) is 4.65. The van der Waals surface area contributed by atoms with Gasteiger partial charge in [-0.1, -0.05) is 18.2 Å². The van der Waals surface area contributed by atoms with Gasteiger partial charge in [-0.25, -0.2) is 0 Å². The van der Waals surface area contributed by atoms with E-state index >= 15 is 0 Å². The Morgan fingerprint density at radius 1 is 1.37 bits per heavy atom. The molecule has 1 heterocycles. The van der Waals surface area contributed by atoms with Crippen molar-refractivity contribution in [3.8, 4) is 0 Å². The molecule has 0 saturated carbocycles. The van der Waals surface area contributed by atoms with Crippen molar-refractivity contribution in [1.82, 2.24) is 9.88 Å². The third-order valence-electron chi connectivity index (χ3n) is 3.14. The molecule has 0 bridgehead atoms. The first-order valence-corrected chi connectivity index (χ1v) is 6.60. The van der Waals surface area contributed by atoms with E-state index in [1.165, 1.54) is 10.9 Å². The zero-order chi connectivity index (χ0) is 13.7. The van der Waals surface area contributed by atoms with Gasteiger partial charge < -0.3 is 9.72 Å². The van der Waals surface area contributed by atoms with Gasteiger partial charge in [-0.3, -0.25) is 9.69 Å². The number of ether oxygens (including phenoxy) is 1. The third-order valence-corrected chi connectivity index (χ3v) is 3.14. The summed E-state index contributed by atoms with van der Waals surface area (Å²) < 4.78 is 4.93. The fourth-order valence-electron chi connectivity index (χ4n) is 2.16. The molecule has 1 N–H and O–H groups in total. The molecule has 1 aromatic carbocycles. The van der Waals surface area contributed by atoms with Gasteiger partial charge in [0, 0.05) is 23.6 Å². The van der Waals surface area contributed by atoms with Gasteiger partial charge in [0.25, 0.3) is 0 Å². The van der Waals surface area contributed by atoms with E-state index in [2.05, 4.69) is 17.1 Å². The number of hydrogen-bond donors (Lipinski definition) is 1. The molecule has 0 radical (unpaired) electrons. The Morgan fingerprint density at radius 3 is 2.95 bits per heavy atom. The number of esters is 1. The predicted octanol–water partition coefficient (Wildman–Crippen LogP) is 2.21. The first-order chi connectivity index (χ1) is 9.20. The number of likely N-dealkylation sites (N-methyl/N-ethyl adjacent to an activating group) is 1. The van der Waals surface area contributed by atoms with Crippen molar-refractivity contribution >= 4 is 16.9 Å². The van der Waals surface area contributed by atoms with E-state index in [0.717, 1.165) is 18.5 Å². The molecule has 1 aromatic heterocycles. The molecular weight excluding hydrogens is 240 g/mol. The molecule has 0 aliphatic carbocycles. The highest BCUT2D eigenvalue weighted by Gasteiger charge is 2.08. The molecule has 102 valence electrons. The molecule has 0 saturated heterocycles. The van der Waals surface area contributed by atoms with Crippen molar-refractivity contribution in [3.05, 3.63) is 36.0 Å². The van der Waals surface area contributed by atoms with Crippen LogP contribution in [0.25, 0.3) is 10.9 Å². The molecule has 4 nitrogen and oxygen atoms in total. The molecule has 0 spiro atoms. The van der Waals surface area contributed by atoms with Gasteiger partial charge >= 0.3 is 5.97 Å². The SMILES string of the molecule is CCOC(=O)CN(C)CCc1c[nH]c2ccccc12. The number of hydrogen-bond acceptors (Lipinski definition) is 3. The summed E-state index contributed by atoms with van der Waals surface area (Å²) in [7, 11) is 1.94. The van der Waals surface area contributed by atoms with Crippen LogP contribution in [0.4, 0.5) is 0 Å². The molecule has 0 aliphatic rings. The third kappa shape index (κ3) is 3.58. The number of aromatic amines is 1. The maximum atomic E-state index is 11.4. The van der Waals surface area contributed by atoms with E-state index in [9.17, 15) is 4.79 Å². The lowest BCUT2D eigenvalue weighted by Crippen LogP contribution is -2.29. The topological polar surface area (TPSA) is 45.3 Å². The smallest absolute Gasteiger partial charge is 0.320 e. The number of nitrogens with one attached hydrogen (secondary N) is 1. The Labute approximate surface area is 113 Å². The minimum atomic E-state index is -0.163. The Balaban J connectivity index is 1.90. The van der Waals surface area contributed by atoms with Gasteiger partial charge in [0.2, 0.25) is 0 Å². The average molecular weight is 260 g/mol. The van der Waals surface area contributed by atoms with Crippen molar-refractivity contribution in [2.75, 3.05) is 26.7 Å². The summed E-state index contributed by atoms with van der Waals surface area (Å²) in [6.45, 7) is 3.44. The number of H-pyrrole nitrogens is 1. The fraction of sp³-hybridized carbons (Fsp3) is 0.400. The quantitative estimate of drug-likeness (QED) is 0.810. The second kappa shape index (κ2) is 6.38. The van der Waals surface area contributed by atoms with Crippen LogP contribution in [0.3, 0.4) is 0 Å². The maximum absolute atomic E-state index is 11.4. The molecule has 2 rings (SSSR count). The van der Waals surface area contributed by atoms with Crippen LogP contribution in [0.1, 0.15) is 12.5 Å². The van der Waals surface area contributed by atoms with Crippen molar-refractivity contribution in [2.45, 2.75) is 13.3 Å². The zero-order valence-electron chi connectivity index (χ0n) is 11.5. The van der Waals surface area contributed by atoms with Crippen LogP contribution >= 0.6 is 0 Å². The number of carbonyl (C=O) groups is 1. The van der Waals surface area contributed by atoms with Crippen LogP contribution < -0.4 is 0 Å². The van der Waals surface area contributed by atoms with E-state index in [1.807, 2.05) is 37.2 Å². The van der Waals surface area contributed by atoms with Gasteiger partial charge in [-0.2, -0.15) is 0 Å². The Kier molecular flexibility index (Phi) is 4.58. The molecule has 0 fully saturated rings. The van der Waals surface area contributed by atoms with Crippen LogP contribution in [0.2, 0.25) is 0 Å². The number of aromatic nitrogens is 1. The first-order valence-electron chi connectivity index (χ1n) is 6.60. The monoisotopic (exact) mass is 260 g/mol.